The Balaban J connectivity index is 2.39. The van der Waals surface area contributed by atoms with E-state index in [1.165, 1.54) is 0 Å². The van der Waals surface area contributed by atoms with Crippen molar-refractivity contribution in [3.8, 4) is 0 Å². The molecule has 0 saturated carbocycles. The quantitative estimate of drug-likeness (QED) is 0.876. The van der Waals surface area contributed by atoms with Crippen LogP contribution in [0.15, 0.2) is 24.3 Å². The molecule has 1 aromatic heterocycles. The summed E-state index contributed by atoms with van der Waals surface area (Å²) in [6.45, 7) is 2.29. The van der Waals surface area contributed by atoms with Gasteiger partial charge in [-0.05, 0) is 29.0 Å². The van der Waals surface area contributed by atoms with Gasteiger partial charge in [0, 0.05) is 5.02 Å². The molecule has 6 heteroatoms. The van der Waals surface area contributed by atoms with Crippen LogP contribution in [0.25, 0.3) is 0 Å². The van der Waals surface area contributed by atoms with Crippen LogP contribution >= 0.6 is 11.6 Å². The molecule has 2 rings (SSSR count). The lowest BCUT2D eigenvalue weighted by atomic mass is 10.1. The lowest BCUT2D eigenvalue weighted by Gasteiger charge is -2.14. The molecule has 0 spiro atoms. The highest BCUT2D eigenvalue weighted by molar-refractivity contribution is 6.31. The van der Waals surface area contributed by atoms with Crippen molar-refractivity contribution in [3.05, 3.63) is 40.7 Å². The van der Waals surface area contributed by atoms with E-state index in [-0.39, 0.29) is 6.04 Å². The van der Waals surface area contributed by atoms with Crippen LogP contribution in [0.1, 0.15) is 24.4 Å². The van der Waals surface area contributed by atoms with E-state index < -0.39 is 0 Å². The molecule has 0 saturated heterocycles. The first kappa shape index (κ1) is 11.0. The van der Waals surface area contributed by atoms with Crippen LogP contribution in [-0.4, -0.2) is 20.2 Å². The maximum absolute atomic E-state index is 6.12. The summed E-state index contributed by atoms with van der Waals surface area (Å²) in [5.74, 6) is 0.646. The molecule has 0 aliphatic rings. The molecule has 84 valence electrons. The first-order valence-electron chi connectivity index (χ1n) is 4.95. The minimum absolute atomic E-state index is 0.0257. The van der Waals surface area contributed by atoms with Gasteiger partial charge in [0.25, 0.3) is 0 Å². The molecule has 1 unspecified atom stereocenters. The summed E-state index contributed by atoms with van der Waals surface area (Å²) in [4.78, 5) is 0. The first-order valence-corrected chi connectivity index (χ1v) is 5.33. The Morgan fingerprint density at radius 3 is 2.88 bits per heavy atom. The number of halogens is 1. The van der Waals surface area contributed by atoms with E-state index in [2.05, 4.69) is 15.5 Å². The highest BCUT2D eigenvalue weighted by Gasteiger charge is 2.15. The average molecular weight is 238 g/mol. The second kappa shape index (κ2) is 4.59. The van der Waals surface area contributed by atoms with Crippen molar-refractivity contribution >= 4 is 11.6 Å². The zero-order valence-electron chi connectivity index (χ0n) is 8.84. The smallest absolute Gasteiger partial charge is 0.165 e. The average Bonchev–Trinajstić information content (AvgIpc) is 2.77. The predicted octanol–water partition coefficient (Wildman–Crippen LogP) is 1.39. The first-order chi connectivity index (χ1) is 7.74. The van der Waals surface area contributed by atoms with Crippen LogP contribution in [0.4, 0.5) is 0 Å². The van der Waals surface area contributed by atoms with Crippen LogP contribution in [-0.2, 0) is 6.54 Å². The summed E-state index contributed by atoms with van der Waals surface area (Å²) in [5.41, 5.74) is 6.53. The molecular weight excluding hydrogens is 226 g/mol. The second-order valence-electron chi connectivity index (χ2n) is 3.44. The highest BCUT2D eigenvalue weighted by Crippen LogP contribution is 2.25. The van der Waals surface area contributed by atoms with Gasteiger partial charge < -0.3 is 5.73 Å². The number of tetrazole rings is 1. The van der Waals surface area contributed by atoms with E-state index in [1.807, 2.05) is 31.2 Å². The van der Waals surface area contributed by atoms with Crippen LogP contribution in [0.3, 0.4) is 0 Å². The molecule has 5 nitrogen and oxygen atoms in total. The largest absolute Gasteiger partial charge is 0.324 e. The Morgan fingerprint density at radius 1 is 1.44 bits per heavy atom. The van der Waals surface area contributed by atoms with Crippen molar-refractivity contribution in [2.45, 2.75) is 19.5 Å². The summed E-state index contributed by atoms with van der Waals surface area (Å²) >= 11 is 6.12. The summed E-state index contributed by atoms with van der Waals surface area (Å²) in [7, 11) is 0. The van der Waals surface area contributed by atoms with E-state index in [0.29, 0.717) is 17.4 Å². The molecule has 2 N–H and O–H groups in total. The van der Waals surface area contributed by atoms with Gasteiger partial charge in [-0.15, -0.1) is 5.10 Å². The second-order valence-corrected chi connectivity index (χ2v) is 3.85. The Hall–Kier alpha value is -1.46. The number of hydrogen-bond acceptors (Lipinski definition) is 4. The van der Waals surface area contributed by atoms with Gasteiger partial charge in [0.1, 0.15) is 0 Å². The minimum Gasteiger partial charge on any atom is -0.324 e. The van der Waals surface area contributed by atoms with Crippen LogP contribution < -0.4 is 5.73 Å². The Morgan fingerprint density at radius 2 is 2.19 bits per heavy atom. The maximum Gasteiger partial charge on any atom is 0.165 e. The Bertz CT molecular complexity index is 482. The van der Waals surface area contributed by atoms with Gasteiger partial charge in [-0.25, -0.2) is 4.68 Å². The van der Waals surface area contributed by atoms with Crippen LogP contribution in [0.2, 0.25) is 5.02 Å². The van der Waals surface area contributed by atoms with Gasteiger partial charge in [-0.1, -0.05) is 29.8 Å². The standard InChI is InChI=1S/C10H12ClN5/c1-7(8-4-2-3-5-9(8)11)16-10(6-12)13-14-15-16/h2-5,7H,6,12H2,1H3. The van der Waals surface area contributed by atoms with Crippen LogP contribution in [0, 0.1) is 0 Å². The van der Waals surface area contributed by atoms with Gasteiger partial charge in [-0.3, -0.25) is 0 Å². The maximum atomic E-state index is 6.12. The van der Waals surface area contributed by atoms with Gasteiger partial charge >= 0.3 is 0 Å². The molecule has 16 heavy (non-hydrogen) atoms. The van der Waals surface area contributed by atoms with Gasteiger partial charge in [0.2, 0.25) is 0 Å². The van der Waals surface area contributed by atoms with Crippen LogP contribution in [0.5, 0.6) is 0 Å². The summed E-state index contributed by atoms with van der Waals surface area (Å²) in [6.07, 6.45) is 0. The molecule has 0 amide bonds. The normalized spacial score (nSPS) is 12.7. The van der Waals surface area contributed by atoms with E-state index in [9.17, 15) is 0 Å². The zero-order chi connectivity index (χ0) is 11.5. The van der Waals surface area contributed by atoms with Crippen molar-refractivity contribution in [3.63, 3.8) is 0 Å². The number of aromatic nitrogens is 4. The number of benzene rings is 1. The molecule has 0 fully saturated rings. The third-order valence-electron chi connectivity index (χ3n) is 2.47. The number of hydrogen-bond donors (Lipinski definition) is 1. The molecule has 1 aromatic carbocycles. The van der Waals surface area contributed by atoms with Crippen molar-refractivity contribution in [1.82, 2.24) is 20.2 Å². The predicted molar refractivity (Wildman–Crippen MR) is 61.0 cm³/mol. The van der Waals surface area contributed by atoms with Crippen molar-refractivity contribution in [1.29, 1.82) is 0 Å². The number of nitrogens with zero attached hydrogens (tertiary/aromatic N) is 4. The molecule has 0 bridgehead atoms. The molecule has 0 aliphatic heterocycles. The zero-order valence-corrected chi connectivity index (χ0v) is 9.59. The van der Waals surface area contributed by atoms with E-state index >= 15 is 0 Å². The van der Waals surface area contributed by atoms with E-state index in [0.717, 1.165) is 5.56 Å². The number of nitrogens with two attached hydrogens (primary N) is 1. The Kier molecular flexibility index (Phi) is 3.17. The Labute approximate surface area is 98.2 Å². The summed E-state index contributed by atoms with van der Waals surface area (Å²) in [5, 5.41) is 12.1. The highest BCUT2D eigenvalue weighted by atomic mass is 35.5. The minimum atomic E-state index is -0.0257. The number of rotatable bonds is 3. The SMILES string of the molecule is CC(c1ccccc1Cl)n1nnnc1CN. The topological polar surface area (TPSA) is 69.6 Å². The molecular formula is C10H12ClN5. The van der Waals surface area contributed by atoms with E-state index in [1.54, 1.807) is 4.68 Å². The monoisotopic (exact) mass is 237 g/mol. The lowest BCUT2D eigenvalue weighted by Crippen LogP contribution is -2.15. The third kappa shape index (κ3) is 1.91. The molecule has 1 atom stereocenters. The summed E-state index contributed by atoms with van der Waals surface area (Å²) in [6, 6.07) is 7.60. The van der Waals surface area contributed by atoms with Gasteiger partial charge in [-0.2, -0.15) is 0 Å². The van der Waals surface area contributed by atoms with Crippen molar-refractivity contribution < 1.29 is 0 Å². The lowest BCUT2D eigenvalue weighted by molar-refractivity contribution is 0.521. The molecule has 0 radical (unpaired) electrons. The van der Waals surface area contributed by atoms with Gasteiger partial charge in [0.15, 0.2) is 5.82 Å². The molecule has 1 heterocycles. The molecule has 2 aromatic rings. The van der Waals surface area contributed by atoms with E-state index in [4.69, 9.17) is 17.3 Å². The fourth-order valence-electron chi connectivity index (χ4n) is 1.59. The van der Waals surface area contributed by atoms with Gasteiger partial charge in [0.05, 0.1) is 12.6 Å². The third-order valence-corrected chi connectivity index (χ3v) is 2.81. The van der Waals surface area contributed by atoms with Crippen molar-refractivity contribution in [2.24, 2.45) is 5.73 Å². The fourth-order valence-corrected chi connectivity index (χ4v) is 1.89. The molecule has 0 aliphatic carbocycles. The van der Waals surface area contributed by atoms with Crippen molar-refractivity contribution in [2.75, 3.05) is 0 Å². The fraction of sp³-hybridized carbons (Fsp3) is 0.300. The summed E-state index contributed by atoms with van der Waals surface area (Å²) < 4.78 is 1.68.